The summed E-state index contributed by atoms with van der Waals surface area (Å²) in [6, 6.07) is 24.8. The van der Waals surface area contributed by atoms with Crippen LogP contribution in [0.4, 0.5) is 0 Å². The van der Waals surface area contributed by atoms with Crippen LogP contribution in [0.3, 0.4) is 0 Å². The first-order valence-electron chi connectivity index (χ1n) is 12.8. The zero-order valence-corrected chi connectivity index (χ0v) is 21.4. The molecule has 6 nitrogen and oxygen atoms in total. The standard InChI is InChI=1S/C30H31ClN2O4/c31-26-13-7-8-22(18-26)19-32-28(34)21-33-16-14-23(15-17-33)27(20-33)37-29(35)30(36,24-9-3-1-4-10-24)25-11-5-2-6-12-25/h1-13,18,23,27H,14-17,19-21H2,(H,32,34). The van der Waals surface area contributed by atoms with Gasteiger partial charge in [0.25, 0.3) is 5.91 Å². The van der Waals surface area contributed by atoms with E-state index in [0.29, 0.717) is 40.3 Å². The van der Waals surface area contributed by atoms with E-state index in [9.17, 15) is 14.7 Å². The molecule has 0 radical (unpaired) electrons. The van der Waals surface area contributed by atoms with E-state index in [-0.39, 0.29) is 11.8 Å². The van der Waals surface area contributed by atoms with Crippen molar-refractivity contribution in [3.05, 3.63) is 107 Å². The Morgan fingerprint density at radius 3 is 2.16 bits per heavy atom. The van der Waals surface area contributed by atoms with E-state index in [2.05, 4.69) is 5.32 Å². The SMILES string of the molecule is O=C(C[N+]12CCC(CC1)C(OC(=O)C([O-])(c1ccccc1)c1ccccc1)C2)NCc1cccc(Cl)c1. The first-order chi connectivity index (χ1) is 17.9. The number of hydrogen-bond donors (Lipinski definition) is 1. The van der Waals surface area contributed by atoms with E-state index in [1.165, 1.54) is 0 Å². The fourth-order valence-electron chi connectivity index (χ4n) is 5.75. The molecule has 1 amide bonds. The monoisotopic (exact) mass is 518 g/mol. The fraction of sp³-hybridized carbons (Fsp3) is 0.333. The average Bonchev–Trinajstić information content (AvgIpc) is 2.93. The summed E-state index contributed by atoms with van der Waals surface area (Å²) in [7, 11) is 0. The number of nitrogens with one attached hydrogen (secondary N) is 1. The van der Waals surface area contributed by atoms with Crippen LogP contribution in [0.15, 0.2) is 84.9 Å². The van der Waals surface area contributed by atoms with Crippen LogP contribution in [0.5, 0.6) is 0 Å². The predicted molar refractivity (Wildman–Crippen MR) is 139 cm³/mol. The molecule has 6 rings (SSSR count). The molecule has 192 valence electrons. The van der Waals surface area contributed by atoms with Gasteiger partial charge in [0.15, 0.2) is 12.6 Å². The fourth-order valence-corrected chi connectivity index (χ4v) is 5.97. The van der Waals surface area contributed by atoms with Crippen molar-refractivity contribution in [1.29, 1.82) is 0 Å². The Labute approximate surface area is 222 Å². The van der Waals surface area contributed by atoms with Gasteiger partial charge in [0.05, 0.1) is 13.1 Å². The van der Waals surface area contributed by atoms with E-state index in [0.717, 1.165) is 31.5 Å². The van der Waals surface area contributed by atoms with Crippen molar-refractivity contribution in [2.45, 2.75) is 31.1 Å². The van der Waals surface area contributed by atoms with Gasteiger partial charge >= 0.3 is 5.97 Å². The lowest BCUT2D eigenvalue weighted by Gasteiger charge is -2.52. The third-order valence-corrected chi connectivity index (χ3v) is 8.04. The highest BCUT2D eigenvalue weighted by molar-refractivity contribution is 6.30. The van der Waals surface area contributed by atoms with Crippen molar-refractivity contribution < 1.29 is 23.9 Å². The number of piperidine rings is 3. The highest BCUT2D eigenvalue weighted by atomic mass is 35.5. The predicted octanol–water partition coefficient (Wildman–Crippen LogP) is 3.41. The molecule has 3 aromatic rings. The first kappa shape index (κ1) is 25.5. The summed E-state index contributed by atoms with van der Waals surface area (Å²) in [5.41, 5.74) is -0.500. The summed E-state index contributed by atoms with van der Waals surface area (Å²) < 4.78 is 6.60. The largest absolute Gasteiger partial charge is 0.834 e. The van der Waals surface area contributed by atoms with E-state index < -0.39 is 17.7 Å². The van der Waals surface area contributed by atoms with Gasteiger partial charge < -0.3 is 19.6 Å². The van der Waals surface area contributed by atoms with Crippen molar-refractivity contribution in [3.63, 3.8) is 0 Å². The number of hydrogen-bond acceptors (Lipinski definition) is 4. The molecule has 7 heteroatoms. The molecule has 1 N–H and O–H groups in total. The summed E-state index contributed by atoms with van der Waals surface area (Å²) in [6.45, 7) is 3.00. The summed E-state index contributed by atoms with van der Waals surface area (Å²) in [5, 5.41) is 17.9. The third kappa shape index (κ3) is 5.42. The van der Waals surface area contributed by atoms with E-state index in [1.54, 1.807) is 54.6 Å². The van der Waals surface area contributed by atoms with Crippen LogP contribution in [0.2, 0.25) is 5.02 Å². The lowest BCUT2D eigenvalue weighted by Crippen LogP contribution is -2.67. The molecule has 0 aromatic heterocycles. The maximum atomic E-state index is 14.2. The number of amides is 1. The lowest BCUT2D eigenvalue weighted by molar-refractivity contribution is -0.939. The molecule has 3 saturated heterocycles. The summed E-state index contributed by atoms with van der Waals surface area (Å²) >= 11 is 6.05. The van der Waals surface area contributed by atoms with Gasteiger partial charge in [-0.2, -0.15) is 0 Å². The van der Waals surface area contributed by atoms with Crippen LogP contribution in [0, 0.1) is 5.92 Å². The zero-order chi connectivity index (χ0) is 25.9. The molecule has 37 heavy (non-hydrogen) atoms. The van der Waals surface area contributed by atoms with Crippen molar-refractivity contribution in [2.24, 2.45) is 5.92 Å². The van der Waals surface area contributed by atoms with Gasteiger partial charge in [0.1, 0.15) is 6.54 Å². The maximum absolute atomic E-state index is 14.2. The topological polar surface area (TPSA) is 78.5 Å². The van der Waals surface area contributed by atoms with E-state index in [4.69, 9.17) is 16.3 Å². The highest BCUT2D eigenvalue weighted by Gasteiger charge is 2.49. The third-order valence-electron chi connectivity index (χ3n) is 7.81. The lowest BCUT2D eigenvalue weighted by atomic mass is 9.82. The molecule has 3 aromatic carbocycles. The van der Waals surface area contributed by atoms with Crippen LogP contribution in [-0.2, 0) is 26.5 Å². The Morgan fingerprint density at radius 2 is 1.57 bits per heavy atom. The number of carbonyl (C=O) groups excluding carboxylic acids is 2. The van der Waals surface area contributed by atoms with Crippen molar-refractivity contribution in [3.8, 4) is 0 Å². The van der Waals surface area contributed by atoms with Gasteiger partial charge in [-0.1, -0.05) is 84.4 Å². The average molecular weight is 519 g/mol. The number of ether oxygens (including phenoxy) is 1. The Bertz CT molecular complexity index is 1200. The van der Waals surface area contributed by atoms with Gasteiger partial charge in [0, 0.05) is 35.9 Å². The second kappa shape index (κ2) is 10.7. The summed E-state index contributed by atoms with van der Waals surface area (Å²) in [6.07, 6.45) is 1.33. The molecule has 3 aliphatic heterocycles. The number of quaternary nitrogens is 1. The minimum Gasteiger partial charge on any atom is -0.834 e. The summed E-state index contributed by atoms with van der Waals surface area (Å²) in [4.78, 5) is 26.5. The molecule has 0 saturated carbocycles. The smallest absolute Gasteiger partial charge is 0.304 e. The molecular formula is C30H31ClN2O4. The van der Waals surface area contributed by atoms with Crippen LogP contribution >= 0.6 is 11.6 Å². The molecule has 3 heterocycles. The second-order valence-corrected chi connectivity index (χ2v) is 10.7. The highest BCUT2D eigenvalue weighted by Crippen LogP contribution is 2.37. The second-order valence-electron chi connectivity index (χ2n) is 10.2. The number of halogens is 1. The maximum Gasteiger partial charge on any atom is 0.304 e. The van der Waals surface area contributed by atoms with Gasteiger partial charge in [-0.3, -0.25) is 9.59 Å². The van der Waals surface area contributed by atoms with Crippen molar-refractivity contribution >= 4 is 23.5 Å². The number of fused-ring (bicyclic) bond motifs is 3. The number of nitrogens with zero attached hydrogens (tertiary/aromatic N) is 1. The molecule has 0 aliphatic carbocycles. The Morgan fingerprint density at radius 1 is 0.946 bits per heavy atom. The molecule has 3 aliphatic rings. The van der Waals surface area contributed by atoms with Crippen molar-refractivity contribution in [1.82, 2.24) is 5.32 Å². The van der Waals surface area contributed by atoms with Crippen LogP contribution in [0.25, 0.3) is 0 Å². The number of rotatable bonds is 8. The van der Waals surface area contributed by atoms with E-state index >= 15 is 0 Å². The minimum atomic E-state index is -2.16. The minimum absolute atomic E-state index is 0.0443. The molecular weight excluding hydrogens is 488 g/mol. The van der Waals surface area contributed by atoms with Gasteiger partial charge in [0.2, 0.25) is 0 Å². The number of benzene rings is 3. The van der Waals surface area contributed by atoms with Crippen molar-refractivity contribution in [2.75, 3.05) is 26.2 Å². The molecule has 1 unspecified atom stereocenters. The van der Waals surface area contributed by atoms with Gasteiger partial charge in [-0.15, -0.1) is 0 Å². The van der Waals surface area contributed by atoms with Crippen LogP contribution in [0.1, 0.15) is 29.5 Å². The Balaban J connectivity index is 1.29. The van der Waals surface area contributed by atoms with Crippen LogP contribution in [-0.4, -0.2) is 48.6 Å². The quantitative estimate of drug-likeness (QED) is 0.366. The normalized spacial score (nSPS) is 22.9. The molecule has 1 atom stereocenters. The zero-order valence-electron chi connectivity index (χ0n) is 20.6. The molecule has 3 fully saturated rings. The van der Waals surface area contributed by atoms with E-state index in [1.807, 2.05) is 30.3 Å². The molecule has 0 spiro atoms. The Kier molecular flexibility index (Phi) is 7.33. The van der Waals surface area contributed by atoms with Gasteiger partial charge in [-0.25, -0.2) is 0 Å². The summed E-state index contributed by atoms with van der Waals surface area (Å²) in [5.74, 6) is -0.626. The first-order valence-corrected chi connectivity index (χ1v) is 13.1. The van der Waals surface area contributed by atoms with Crippen LogP contribution < -0.4 is 10.4 Å². The van der Waals surface area contributed by atoms with Gasteiger partial charge in [-0.05, 0) is 28.8 Å². The Hall–Kier alpha value is -3.19. The number of esters is 1. The number of carbonyl (C=O) groups is 2. The molecule has 2 bridgehead atoms.